The Balaban J connectivity index is 1.11. The summed E-state index contributed by atoms with van der Waals surface area (Å²) in [4.78, 5) is 33.8. The molecule has 2 amide bonds. The van der Waals surface area contributed by atoms with E-state index in [-0.39, 0.29) is 11.8 Å². The van der Waals surface area contributed by atoms with Gasteiger partial charge >= 0.3 is 0 Å². The van der Waals surface area contributed by atoms with Crippen molar-refractivity contribution < 1.29 is 14.3 Å². The summed E-state index contributed by atoms with van der Waals surface area (Å²) in [6.45, 7) is 8.86. The van der Waals surface area contributed by atoms with Crippen LogP contribution < -0.4 is 0 Å². The van der Waals surface area contributed by atoms with Crippen LogP contribution in [-0.2, 0) is 20.7 Å². The van der Waals surface area contributed by atoms with E-state index >= 15 is 0 Å². The van der Waals surface area contributed by atoms with Crippen LogP contribution in [0.25, 0.3) is 0 Å². The van der Waals surface area contributed by atoms with E-state index in [2.05, 4.69) is 45.0 Å². The molecule has 176 valence electrons. The van der Waals surface area contributed by atoms with E-state index in [9.17, 15) is 9.59 Å². The highest BCUT2D eigenvalue weighted by molar-refractivity contribution is 5.79. The van der Waals surface area contributed by atoms with E-state index in [1.165, 1.54) is 12.0 Å². The molecular formula is C25H38N4O3. The predicted molar refractivity (Wildman–Crippen MR) is 124 cm³/mol. The Kier molecular flexibility index (Phi) is 8.54. The molecule has 1 aromatic rings. The van der Waals surface area contributed by atoms with Crippen molar-refractivity contribution in [2.75, 3.05) is 78.7 Å². The molecule has 3 saturated heterocycles. The van der Waals surface area contributed by atoms with Crippen molar-refractivity contribution in [3.63, 3.8) is 0 Å². The Morgan fingerprint density at radius 3 is 1.94 bits per heavy atom. The van der Waals surface area contributed by atoms with Gasteiger partial charge in [-0.1, -0.05) is 30.3 Å². The molecule has 3 aliphatic rings. The van der Waals surface area contributed by atoms with E-state index in [0.29, 0.717) is 26.3 Å². The lowest BCUT2D eigenvalue weighted by atomic mass is 9.90. The number of nitrogens with zero attached hydrogens (tertiary/aromatic N) is 4. The SMILES string of the molecule is O=C(CN1CCN(C(=O)CN2CCOCC2)CC1)N1CCC(CCc2ccccc2)CC1. The normalized spacial score (nSPS) is 21.6. The third kappa shape index (κ3) is 6.77. The molecular weight excluding hydrogens is 404 g/mol. The van der Waals surface area contributed by atoms with Crippen LogP contribution in [0.15, 0.2) is 30.3 Å². The molecule has 3 aliphatic heterocycles. The maximum absolute atomic E-state index is 12.8. The molecule has 7 heteroatoms. The Morgan fingerprint density at radius 1 is 0.750 bits per heavy atom. The summed E-state index contributed by atoms with van der Waals surface area (Å²) in [5.41, 5.74) is 1.41. The van der Waals surface area contributed by atoms with Crippen molar-refractivity contribution in [2.45, 2.75) is 25.7 Å². The second-order valence-corrected chi connectivity index (χ2v) is 9.39. The van der Waals surface area contributed by atoms with Gasteiger partial charge in [-0.3, -0.25) is 19.4 Å². The quantitative estimate of drug-likeness (QED) is 0.638. The molecule has 0 aliphatic carbocycles. The molecule has 0 bridgehead atoms. The zero-order chi connectivity index (χ0) is 22.2. The Hall–Kier alpha value is -1.96. The fourth-order valence-electron chi connectivity index (χ4n) is 4.98. The van der Waals surface area contributed by atoms with Crippen molar-refractivity contribution in [1.29, 1.82) is 0 Å². The van der Waals surface area contributed by atoms with Crippen LogP contribution in [0, 0.1) is 5.92 Å². The van der Waals surface area contributed by atoms with Crippen molar-refractivity contribution in [2.24, 2.45) is 5.92 Å². The monoisotopic (exact) mass is 442 g/mol. The Labute approximate surface area is 192 Å². The third-order valence-electron chi connectivity index (χ3n) is 7.20. The number of hydrogen-bond acceptors (Lipinski definition) is 5. The topological polar surface area (TPSA) is 56.3 Å². The summed E-state index contributed by atoms with van der Waals surface area (Å²) >= 11 is 0. The number of amides is 2. The minimum absolute atomic E-state index is 0.204. The molecule has 0 N–H and O–H groups in total. The number of rotatable bonds is 7. The van der Waals surface area contributed by atoms with Gasteiger partial charge in [-0.25, -0.2) is 0 Å². The lowest BCUT2D eigenvalue weighted by Crippen LogP contribution is -2.54. The Bertz CT molecular complexity index is 722. The van der Waals surface area contributed by atoms with Gasteiger partial charge in [0.25, 0.3) is 0 Å². The maximum atomic E-state index is 12.8. The van der Waals surface area contributed by atoms with E-state index in [4.69, 9.17) is 4.74 Å². The van der Waals surface area contributed by atoms with Crippen molar-refractivity contribution in [3.8, 4) is 0 Å². The lowest BCUT2D eigenvalue weighted by Gasteiger charge is -2.38. The van der Waals surface area contributed by atoms with Crippen molar-refractivity contribution >= 4 is 11.8 Å². The van der Waals surface area contributed by atoms with Crippen LogP contribution >= 0.6 is 0 Å². The van der Waals surface area contributed by atoms with E-state index in [1.54, 1.807) is 0 Å². The van der Waals surface area contributed by atoms with Gasteiger partial charge in [0.15, 0.2) is 0 Å². The first kappa shape index (κ1) is 23.2. The number of carbonyl (C=O) groups excluding carboxylic acids is 2. The van der Waals surface area contributed by atoms with Crippen LogP contribution in [0.1, 0.15) is 24.8 Å². The number of carbonyl (C=O) groups is 2. The number of aryl methyl sites for hydroxylation is 1. The average Bonchev–Trinajstić information content (AvgIpc) is 2.85. The molecule has 7 nitrogen and oxygen atoms in total. The minimum atomic E-state index is 0.204. The number of ether oxygens (including phenoxy) is 1. The van der Waals surface area contributed by atoms with Crippen molar-refractivity contribution in [1.82, 2.24) is 19.6 Å². The highest BCUT2D eigenvalue weighted by Crippen LogP contribution is 2.22. The first-order valence-corrected chi connectivity index (χ1v) is 12.3. The standard InChI is InChI=1S/C25H38N4O3/c30-24(28-10-8-23(9-11-28)7-6-22-4-2-1-3-5-22)20-26-12-14-29(15-13-26)25(31)21-27-16-18-32-19-17-27/h1-5,23H,6-21H2. The minimum Gasteiger partial charge on any atom is -0.379 e. The lowest BCUT2D eigenvalue weighted by molar-refractivity contribution is -0.137. The fourth-order valence-corrected chi connectivity index (χ4v) is 4.98. The van der Waals surface area contributed by atoms with Crippen LogP contribution in [0.5, 0.6) is 0 Å². The Morgan fingerprint density at radius 2 is 1.31 bits per heavy atom. The van der Waals surface area contributed by atoms with Gasteiger partial charge in [0.1, 0.15) is 0 Å². The summed E-state index contributed by atoms with van der Waals surface area (Å²) < 4.78 is 5.35. The highest BCUT2D eigenvalue weighted by atomic mass is 16.5. The van der Waals surface area contributed by atoms with E-state index in [1.807, 2.05) is 4.90 Å². The fraction of sp³-hybridized carbons (Fsp3) is 0.680. The second kappa shape index (κ2) is 11.8. The van der Waals surface area contributed by atoms with Gasteiger partial charge in [-0.2, -0.15) is 0 Å². The predicted octanol–water partition coefficient (Wildman–Crippen LogP) is 1.33. The van der Waals surface area contributed by atoms with Gasteiger partial charge in [-0.05, 0) is 37.2 Å². The van der Waals surface area contributed by atoms with Crippen LogP contribution in [-0.4, -0.2) is 110 Å². The van der Waals surface area contributed by atoms with Crippen LogP contribution in [0.3, 0.4) is 0 Å². The molecule has 0 aromatic heterocycles. The first-order valence-electron chi connectivity index (χ1n) is 12.3. The molecule has 32 heavy (non-hydrogen) atoms. The van der Waals surface area contributed by atoms with E-state index in [0.717, 1.165) is 77.5 Å². The number of hydrogen-bond donors (Lipinski definition) is 0. The second-order valence-electron chi connectivity index (χ2n) is 9.39. The van der Waals surface area contributed by atoms with Gasteiger partial charge < -0.3 is 14.5 Å². The van der Waals surface area contributed by atoms with Gasteiger partial charge in [0, 0.05) is 52.4 Å². The highest BCUT2D eigenvalue weighted by Gasteiger charge is 2.27. The third-order valence-corrected chi connectivity index (χ3v) is 7.20. The molecule has 4 rings (SSSR count). The maximum Gasteiger partial charge on any atom is 0.236 e. The molecule has 0 saturated carbocycles. The molecule has 3 fully saturated rings. The summed E-state index contributed by atoms with van der Waals surface area (Å²) in [5, 5.41) is 0. The van der Waals surface area contributed by atoms with E-state index < -0.39 is 0 Å². The number of piperazine rings is 1. The zero-order valence-corrected chi connectivity index (χ0v) is 19.3. The first-order chi connectivity index (χ1) is 15.7. The zero-order valence-electron chi connectivity index (χ0n) is 19.3. The number of likely N-dealkylation sites (tertiary alicyclic amines) is 1. The number of piperidine rings is 1. The average molecular weight is 443 g/mol. The van der Waals surface area contributed by atoms with Gasteiger partial charge in [0.2, 0.25) is 11.8 Å². The molecule has 0 radical (unpaired) electrons. The molecule has 0 atom stereocenters. The van der Waals surface area contributed by atoms with Crippen LogP contribution in [0.4, 0.5) is 0 Å². The number of morpholine rings is 1. The van der Waals surface area contributed by atoms with Gasteiger partial charge in [0.05, 0.1) is 26.3 Å². The molecule has 0 spiro atoms. The van der Waals surface area contributed by atoms with Gasteiger partial charge in [-0.15, -0.1) is 0 Å². The molecule has 1 aromatic carbocycles. The molecule has 0 unspecified atom stereocenters. The largest absolute Gasteiger partial charge is 0.379 e. The molecule has 3 heterocycles. The van der Waals surface area contributed by atoms with Crippen LogP contribution in [0.2, 0.25) is 0 Å². The summed E-state index contributed by atoms with van der Waals surface area (Å²) in [6.07, 6.45) is 4.57. The number of benzene rings is 1. The summed E-state index contributed by atoms with van der Waals surface area (Å²) in [7, 11) is 0. The smallest absolute Gasteiger partial charge is 0.236 e. The summed E-state index contributed by atoms with van der Waals surface area (Å²) in [6, 6.07) is 10.7. The summed E-state index contributed by atoms with van der Waals surface area (Å²) in [5.74, 6) is 1.18. The van der Waals surface area contributed by atoms with Crippen molar-refractivity contribution in [3.05, 3.63) is 35.9 Å².